The van der Waals surface area contributed by atoms with Crippen molar-refractivity contribution in [2.45, 2.75) is 18.9 Å². The molecule has 1 aliphatic rings. The molecule has 0 spiro atoms. The summed E-state index contributed by atoms with van der Waals surface area (Å²) in [6, 6.07) is 7.56. The maximum Gasteiger partial charge on any atom is 0.253 e. The Morgan fingerprint density at radius 3 is 3.00 bits per heavy atom. The number of aliphatic hydroxyl groups is 1. The molecular formula is C15H18N2O2. The van der Waals surface area contributed by atoms with Crippen LogP contribution in [-0.2, 0) is 0 Å². The fraction of sp³-hybridized carbons (Fsp3) is 0.400. The lowest BCUT2D eigenvalue weighted by atomic mass is 10.1. The minimum atomic E-state index is -0.384. The minimum Gasteiger partial charge on any atom is -0.391 e. The summed E-state index contributed by atoms with van der Waals surface area (Å²) in [5.41, 5.74) is 1.69. The number of H-pyrrole nitrogens is 1. The molecule has 0 bridgehead atoms. The highest BCUT2D eigenvalue weighted by atomic mass is 16.3. The van der Waals surface area contributed by atoms with Gasteiger partial charge in [-0.1, -0.05) is 0 Å². The van der Waals surface area contributed by atoms with Crippen LogP contribution in [0, 0.1) is 5.92 Å². The second kappa shape index (κ2) is 4.70. The molecule has 1 heterocycles. The summed E-state index contributed by atoms with van der Waals surface area (Å²) in [5.74, 6) is 0.352. The first-order chi connectivity index (χ1) is 9.15. The number of benzene rings is 1. The molecule has 0 aliphatic heterocycles. The van der Waals surface area contributed by atoms with Crippen LogP contribution in [0.3, 0.4) is 0 Å². The molecule has 4 heteroatoms. The van der Waals surface area contributed by atoms with E-state index >= 15 is 0 Å². The Hall–Kier alpha value is -1.81. The van der Waals surface area contributed by atoms with Crippen molar-refractivity contribution in [1.82, 2.24) is 9.88 Å². The maximum atomic E-state index is 12.3. The Kier molecular flexibility index (Phi) is 3.03. The first-order valence-electron chi connectivity index (χ1n) is 6.66. The van der Waals surface area contributed by atoms with Crippen molar-refractivity contribution < 1.29 is 9.90 Å². The van der Waals surface area contributed by atoms with Gasteiger partial charge in [0.1, 0.15) is 0 Å². The molecule has 0 saturated heterocycles. The van der Waals surface area contributed by atoms with Crippen molar-refractivity contribution in [3.8, 4) is 0 Å². The Balaban J connectivity index is 1.74. The van der Waals surface area contributed by atoms with Crippen LogP contribution in [-0.4, -0.2) is 40.6 Å². The molecule has 4 nitrogen and oxygen atoms in total. The first-order valence-corrected chi connectivity index (χ1v) is 6.66. The predicted octanol–water partition coefficient (Wildman–Crippen LogP) is 2.01. The molecule has 1 amide bonds. The van der Waals surface area contributed by atoms with Gasteiger partial charge in [0.15, 0.2) is 0 Å². The van der Waals surface area contributed by atoms with Crippen LogP contribution < -0.4 is 0 Å². The van der Waals surface area contributed by atoms with E-state index in [1.54, 1.807) is 11.9 Å². The van der Waals surface area contributed by atoms with E-state index in [4.69, 9.17) is 0 Å². The number of rotatable bonds is 4. The van der Waals surface area contributed by atoms with Crippen molar-refractivity contribution in [2.24, 2.45) is 5.92 Å². The lowest BCUT2D eigenvalue weighted by Crippen LogP contribution is -2.35. The van der Waals surface area contributed by atoms with E-state index in [0.717, 1.165) is 23.7 Å². The molecule has 1 unspecified atom stereocenters. The number of hydrogen-bond acceptors (Lipinski definition) is 2. The molecule has 1 saturated carbocycles. The number of carbonyl (C=O) groups excluding carboxylic acids is 1. The number of likely N-dealkylation sites (N-methyl/N-ethyl adjacent to an activating group) is 1. The number of aliphatic hydroxyl groups excluding tert-OH is 1. The number of amides is 1. The Morgan fingerprint density at radius 2 is 2.26 bits per heavy atom. The van der Waals surface area contributed by atoms with Gasteiger partial charge in [-0.2, -0.15) is 0 Å². The van der Waals surface area contributed by atoms with Crippen LogP contribution in [0.15, 0.2) is 30.5 Å². The van der Waals surface area contributed by atoms with E-state index in [9.17, 15) is 9.90 Å². The van der Waals surface area contributed by atoms with Gasteiger partial charge in [0.2, 0.25) is 0 Å². The maximum absolute atomic E-state index is 12.3. The van der Waals surface area contributed by atoms with E-state index in [0.29, 0.717) is 18.0 Å². The smallest absolute Gasteiger partial charge is 0.253 e. The molecule has 0 radical (unpaired) electrons. The zero-order chi connectivity index (χ0) is 13.4. The number of hydrogen-bond donors (Lipinski definition) is 2. The third-order valence-electron chi connectivity index (χ3n) is 3.77. The molecule has 19 heavy (non-hydrogen) atoms. The molecule has 2 N–H and O–H groups in total. The fourth-order valence-corrected chi connectivity index (χ4v) is 2.40. The van der Waals surface area contributed by atoms with Gasteiger partial charge in [0, 0.05) is 36.3 Å². The van der Waals surface area contributed by atoms with Gasteiger partial charge in [-0.15, -0.1) is 0 Å². The highest BCUT2D eigenvalue weighted by molar-refractivity contribution is 5.97. The topological polar surface area (TPSA) is 56.3 Å². The predicted molar refractivity (Wildman–Crippen MR) is 74.0 cm³/mol. The Bertz CT molecular complexity index is 601. The van der Waals surface area contributed by atoms with Crippen molar-refractivity contribution in [3.05, 3.63) is 36.0 Å². The van der Waals surface area contributed by atoms with Crippen LogP contribution in [0.1, 0.15) is 23.2 Å². The number of fused-ring (bicyclic) bond motifs is 1. The molecule has 1 fully saturated rings. The van der Waals surface area contributed by atoms with Gasteiger partial charge >= 0.3 is 0 Å². The third kappa shape index (κ3) is 2.49. The van der Waals surface area contributed by atoms with Crippen LogP contribution in [0.2, 0.25) is 0 Å². The van der Waals surface area contributed by atoms with Crippen LogP contribution in [0.25, 0.3) is 10.9 Å². The molecule has 1 atom stereocenters. The van der Waals surface area contributed by atoms with E-state index in [1.807, 2.05) is 30.5 Å². The average molecular weight is 258 g/mol. The third-order valence-corrected chi connectivity index (χ3v) is 3.77. The lowest BCUT2D eigenvalue weighted by molar-refractivity contribution is 0.0645. The first kappa shape index (κ1) is 12.2. The zero-order valence-corrected chi connectivity index (χ0v) is 11.0. The normalized spacial score (nSPS) is 16.5. The number of carbonyl (C=O) groups is 1. The molecule has 2 aromatic rings. The van der Waals surface area contributed by atoms with Crippen molar-refractivity contribution in [1.29, 1.82) is 0 Å². The van der Waals surface area contributed by atoms with E-state index in [2.05, 4.69) is 4.98 Å². The Morgan fingerprint density at radius 1 is 1.47 bits per heavy atom. The SMILES string of the molecule is CN(CC(O)C1CC1)C(=O)c1ccc2[nH]ccc2c1. The quantitative estimate of drug-likeness (QED) is 0.881. The summed E-state index contributed by atoms with van der Waals surface area (Å²) in [7, 11) is 1.75. The van der Waals surface area contributed by atoms with Crippen molar-refractivity contribution >= 4 is 16.8 Å². The zero-order valence-electron chi connectivity index (χ0n) is 11.0. The van der Waals surface area contributed by atoms with Crippen molar-refractivity contribution in [3.63, 3.8) is 0 Å². The van der Waals surface area contributed by atoms with Gasteiger partial charge in [-0.25, -0.2) is 0 Å². The molecule has 3 rings (SSSR count). The van der Waals surface area contributed by atoms with E-state index in [-0.39, 0.29) is 12.0 Å². The summed E-state index contributed by atoms with van der Waals surface area (Å²) >= 11 is 0. The number of nitrogens with zero attached hydrogens (tertiary/aromatic N) is 1. The monoisotopic (exact) mass is 258 g/mol. The summed E-state index contributed by atoms with van der Waals surface area (Å²) in [4.78, 5) is 17.0. The van der Waals surface area contributed by atoms with Gasteiger partial charge in [-0.3, -0.25) is 4.79 Å². The second-order valence-corrected chi connectivity index (χ2v) is 5.37. The average Bonchev–Trinajstić information content (AvgIpc) is 3.15. The van der Waals surface area contributed by atoms with Gasteiger partial charge in [0.05, 0.1) is 6.10 Å². The van der Waals surface area contributed by atoms with Crippen LogP contribution in [0.5, 0.6) is 0 Å². The summed E-state index contributed by atoms with van der Waals surface area (Å²) in [6.07, 6.45) is 3.64. The van der Waals surface area contributed by atoms with Crippen LogP contribution >= 0.6 is 0 Å². The summed E-state index contributed by atoms with van der Waals surface area (Å²) < 4.78 is 0. The largest absolute Gasteiger partial charge is 0.391 e. The van der Waals surface area contributed by atoms with Crippen LogP contribution in [0.4, 0.5) is 0 Å². The summed E-state index contributed by atoms with van der Waals surface area (Å²) in [6.45, 7) is 0.411. The van der Waals surface area contributed by atoms with Crippen molar-refractivity contribution in [2.75, 3.05) is 13.6 Å². The van der Waals surface area contributed by atoms with Gasteiger partial charge in [-0.05, 0) is 43.0 Å². The van der Waals surface area contributed by atoms with Gasteiger partial charge in [0.25, 0.3) is 5.91 Å². The number of aromatic nitrogens is 1. The van der Waals surface area contributed by atoms with Gasteiger partial charge < -0.3 is 15.0 Å². The standard InChI is InChI=1S/C15H18N2O2/c1-17(9-14(18)10-2-3-10)15(19)12-4-5-13-11(8-12)6-7-16-13/h4-8,10,14,16,18H,2-3,9H2,1H3. The molecule has 100 valence electrons. The molecule has 1 aromatic carbocycles. The number of aromatic amines is 1. The summed E-state index contributed by atoms with van der Waals surface area (Å²) in [5, 5.41) is 10.9. The lowest BCUT2D eigenvalue weighted by Gasteiger charge is -2.20. The minimum absolute atomic E-state index is 0.0391. The fourth-order valence-electron chi connectivity index (χ4n) is 2.40. The highest BCUT2D eigenvalue weighted by Crippen LogP contribution is 2.32. The molecule has 1 aromatic heterocycles. The highest BCUT2D eigenvalue weighted by Gasteiger charge is 2.31. The second-order valence-electron chi connectivity index (χ2n) is 5.37. The van der Waals surface area contributed by atoms with E-state index in [1.165, 1.54) is 0 Å². The Labute approximate surface area is 112 Å². The number of nitrogens with one attached hydrogen (secondary N) is 1. The molecule has 1 aliphatic carbocycles. The van der Waals surface area contributed by atoms with E-state index < -0.39 is 0 Å². The molecular weight excluding hydrogens is 240 g/mol.